The first-order valence-electron chi connectivity index (χ1n) is 9.21. The highest BCUT2D eigenvalue weighted by Gasteiger charge is 2.32. The number of likely N-dealkylation sites (tertiary alicyclic amines) is 1. The maximum atomic E-state index is 12.7. The molecule has 2 N–H and O–H groups in total. The average Bonchev–Trinajstić information content (AvgIpc) is 3.25. The number of halogens is 3. The van der Waals surface area contributed by atoms with Crippen molar-refractivity contribution in [3.8, 4) is 0 Å². The smallest absolute Gasteiger partial charge is 0.404 e. The molecule has 2 aliphatic rings. The number of aromatic nitrogens is 2. The van der Waals surface area contributed by atoms with Crippen LogP contribution in [0.5, 0.6) is 0 Å². The van der Waals surface area contributed by atoms with E-state index < -0.39 is 11.7 Å². The molecule has 144 valence electrons. The van der Waals surface area contributed by atoms with Gasteiger partial charge in [0, 0.05) is 31.5 Å². The number of nitrogens with zero attached hydrogens (tertiary/aromatic N) is 4. The minimum Gasteiger partial charge on any atom is -0.404 e. The molecule has 3 rings (SSSR count). The monoisotopic (exact) mass is 369 g/mol. The van der Waals surface area contributed by atoms with Gasteiger partial charge in [0.1, 0.15) is 5.69 Å². The highest BCUT2D eigenvalue weighted by atomic mass is 19.4. The highest BCUT2D eigenvalue weighted by Crippen LogP contribution is 2.31. The summed E-state index contributed by atoms with van der Waals surface area (Å²) in [4.78, 5) is 6.53. The molecule has 0 unspecified atom stereocenters. The fourth-order valence-corrected chi connectivity index (χ4v) is 3.92. The van der Waals surface area contributed by atoms with E-state index >= 15 is 0 Å². The van der Waals surface area contributed by atoms with Crippen LogP contribution in [0.1, 0.15) is 50.3 Å². The Labute approximate surface area is 151 Å². The molecule has 0 spiro atoms. The summed E-state index contributed by atoms with van der Waals surface area (Å²) < 4.78 is 40.0. The lowest BCUT2D eigenvalue weighted by Crippen LogP contribution is -2.40. The van der Waals surface area contributed by atoms with Gasteiger partial charge in [-0.05, 0) is 32.6 Å². The highest BCUT2D eigenvalue weighted by molar-refractivity contribution is 5.82. The minimum absolute atomic E-state index is 0.280. The van der Waals surface area contributed by atoms with E-state index in [9.17, 15) is 13.2 Å². The van der Waals surface area contributed by atoms with Crippen molar-refractivity contribution in [2.24, 2.45) is 10.7 Å². The Bertz CT molecular complexity index is 663. The van der Waals surface area contributed by atoms with Gasteiger partial charge < -0.3 is 10.6 Å². The van der Waals surface area contributed by atoms with Crippen LogP contribution < -0.4 is 5.73 Å². The summed E-state index contributed by atoms with van der Waals surface area (Å²) >= 11 is 0. The van der Waals surface area contributed by atoms with Crippen LogP contribution in [0.25, 0.3) is 0 Å². The molecular weight excluding hydrogens is 343 g/mol. The molecule has 0 amide bonds. The Kier molecular flexibility index (Phi) is 5.70. The Morgan fingerprint density at radius 3 is 2.42 bits per heavy atom. The molecule has 26 heavy (non-hydrogen) atoms. The summed E-state index contributed by atoms with van der Waals surface area (Å²) in [6.07, 6.45) is 5.83. The van der Waals surface area contributed by atoms with Gasteiger partial charge in [0.05, 0.1) is 23.5 Å². The van der Waals surface area contributed by atoms with E-state index in [4.69, 9.17) is 5.73 Å². The third-order valence-corrected chi connectivity index (χ3v) is 5.45. The van der Waals surface area contributed by atoms with E-state index in [0.29, 0.717) is 17.6 Å². The first kappa shape index (κ1) is 18.9. The fourth-order valence-electron chi connectivity index (χ4n) is 3.92. The lowest BCUT2D eigenvalue weighted by atomic mass is 10.0. The van der Waals surface area contributed by atoms with Crippen LogP contribution >= 0.6 is 0 Å². The van der Waals surface area contributed by atoms with E-state index in [-0.39, 0.29) is 6.04 Å². The van der Waals surface area contributed by atoms with Gasteiger partial charge in [-0.25, -0.2) is 0 Å². The predicted octanol–water partition coefficient (Wildman–Crippen LogP) is 3.88. The van der Waals surface area contributed by atoms with Crippen molar-refractivity contribution in [2.45, 2.75) is 63.7 Å². The van der Waals surface area contributed by atoms with Gasteiger partial charge in [-0.1, -0.05) is 12.8 Å². The molecule has 2 fully saturated rings. The molecule has 1 aromatic heterocycles. The SMILES string of the molecule is Cc1nn(C2CCN(C3CCCC3)CC2)cc1/N=C\C(=C\N)C(F)(F)F. The van der Waals surface area contributed by atoms with E-state index in [1.165, 1.54) is 25.7 Å². The van der Waals surface area contributed by atoms with Crippen LogP contribution in [0.15, 0.2) is 23.0 Å². The Balaban J connectivity index is 1.63. The Morgan fingerprint density at radius 1 is 1.19 bits per heavy atom. The van der Waals surface area contributed by atoms with E-state index in [1.54, 1.807) is 13.1 Å². The van der Waals surface area contributed by atoms with E-state index in [0.717, 1.165) is 38.2 Å². The van der Waals surface area contributed by atoms with Gasteiger partial charge in [-0.15, -0.1) is 0 Å². The second-order valence-corrected chi connectivity index (χ2v) is 7.16. The maximum absolute atomic E-state index is 12.7. The molecule has 2 heterocycles. The second kappa shape index (κ2) is 7.82. The molecule has 0 radical (unpaired) electrons. The summed E-state index contributed by atoms with van der Waals surface area (Å²) in [5, 5.41) is 4.48. The van der Waals surface area contributed by atoms with Crippen LogP contribution in [0.4, 0.5) is 18.9 Å². The number of nitrogens with two attached hydrogens (primary N) is 1. The van der Waals surface area contributed by atoms with Crippen LogP contribution in [0.2, 0.25) is 0 Å². The van der Waals surface area contributed by atoms with E-state index in [2.05, 4.69) is 15.0 Å². The van der Waals surface area contributed by atoms with Gasteiger partial charge in [0.25, 0.3) is 0 Å². The summed E-state index contributed by atoms with van der Waals surface area (Å²) in [5.41, 5.74) is 5.16. The van der Waals surface area contributed by atoms with Crippen LogP contribution in [0.3, 0.4) is 0 Å². The first-order chi connectivity index (χ1) is 12.4. The largest absolute Gasteiger partial charge is 0.419 e. The fraction of sp³-hybridized carbons (Fsp3) is 0.667. The van der Waals surface area contributed by atoms with Crippen molar-refractivity contribution in [3.05, 3.63) is 23.7 Å². The van der Waals surface area contributed by atoms with Crippen molar-refractivity contribution in [1.82, 2.24) is 14.7 Å². The topological polar surface area (TPSA) is 59.4 Å². The molecule has 0 aromatic carbocycles. The van der Waals surface area contributed by atoms with Crippen molar-refractivity contribution < 1.29 is 13.2 Å². The Morgan fingerprint density at radius 2 is 1.85 bits per heavy atom. The Hall–Kier alpha value is -1.83. The quantitative estimate of drug-likeness (QED) is 0.820. The summed E-state index contributed by atoms with van der Waals surface area (Å²) in [6.45, 7) is 3.87. The van der Waals surface area contributed by atoms with Gasteiger partial charge in [-0.3, -0.25) is 9.67 Å². The average molecular weight is 369 g/mol. The molecule has 1 saturated carbocycles. The maximum Gasteiger partial charge on any atom is 0.419 e. The third kappa shape index (κ3) is 4.28. The summed E-state index contributed by atoms with van der Waals surface area (Å²) in [7, 11) is 0. The molecule has 0 bridgehead atoms. The second-order valence-electron chi connectivity index (χ2n) is 7.16. The van der Waals surface area contributed by atoms with Crippen molar-refractivity contribution in [1.29, 1.82) is 0 Å². The third-order valence-electron chi connectivity index (χ3n) is 5.45. The standard InChI is InChI=1S/C18H26F3N5/c1-13-17(23-11-14(10-22)18(19,20)21)12-26(24-13)16-6-8-25(9-7-16)15-4-2-3-5-15/h10-12,15-16H,2-9,22H2,1H3/b14-10-,23-11-. The van der Waals surface area contributed by atoms with Crippen LogP contribution in [0, 0.1) is 6.92 Å². The molecular formula is C18H26F3N5. The zero-order chi connectivity index (χ0) is 18.7. The molecule has 1 aliphatic heterocycles. The summed E-state index contributed by atoms with van der Waals surface area (Å²) in [5.74, 6) is 0. The molecule has 1 aromatic rings. The number of hydrogen-bond acceptors (Lipinski definition) is 4. The number of aryl methyl sites for hydroxylation is 1. The van der Waals surface area contributed by atoms with Crippen LogP contribution in [-0.4, -0.2) is 46.2 Å². The zero-order valence-corrected chi connectivity index (χ0v) is 15.0. The zero-order valence-electron chi connectivity index (χ0n) is 15.0. The number of aliphatic imine (C=N–C) groups is 1. The number of hydrogen-bond donors (Lipinski definition) is 1. The van der Waals surface area contributed by atoms with Crippen LogP contribution in [-0.2, 0) is 0 Å². The predicted molar refractivity (Wildman–Crippen MR) is 95.5 cm³/mol. The minimum atomic E-state index is -4.50. The molecule has 5 nitrogen and oxygen atoms in total. The molecule has 1 saturated heterocycles. The number of piperidine rings is 1. The number of alkyl halides is 3. The van der Waals surface area contributed by atoms with Gasteiger partial charge in [0.2, 0.25) is 0 Å². The molecule has 0 atom stereocenters. The number of allylic oxidation sites excluding steroid dienone is 1. The molecule has 8 heteroatoms. The lowest BCUT2D eigenvalue weighted by molar-refractivity contribution is -0.0857. The summed E-state index contributed by atoms with van der Waals surface area (Å²) in [6, 6.07) is 1.02. The number of rotatable bonds is 4. The first-order valence-corrected chi connectivity index (χ1v) is 9.21. The van der Waals surface area contributed by atoms with Crippen molar-refractivity contribution in [3.63, 3.8) is 0 Å². The molecule has 1 aliphatic carbocycles. The van der Waals surface area contributed by atoms with Crippen molar-refractivity contribution >= 4 is 11.9 Å². The van der Waals surface area contributed by atoms with Gasteiger partial charge in [0.15, 0.2) is 0 Å². The van der Waals surface area contributed by atoms with E-state index in [1.807, 2.05) is 4.68 Å². The lowest BCUT2D eigenvalue weighted by Gasteiger charge is -2.36. The van der Waals surface area contributed by atoms with Gasteiger partial charge in [-0.2, -0.15) is 18.3 Å². The normalized spacial score (nSPS) is 21.9. The van der Waals surface area contributed by atoms with Crippen molar-refractivity contribution in [2.75, 3.05) is 13.1 Å². The van der Waals surface area contributed by atoms with Gasteiger partial charge >= 0.3 is 6.18 Å².